The molecule has 0 saturated heterocycles. The Balaban J connectivity index is 1.54. The molecule has 32 heavy (non-hydrogen) atoms. The molecule has 166 valence electrons. The van der Waals surface area contributed by atoms with Crippen LogP contribution in [0.5, 0.6) is 11.5 Å². The maximum Gasteiger partial charge on any atom is 0.280 e. The zero-order chi connectivity index (χ0) is 23.0. The molecule has 3 rings (SSSR count). The highest BCUT2D eigenvalue weighted by molar-refractivity contribution is 5.86. The van der Waals surface area contributed by atoms with E-state index in [0.29, 0.717) is 18.1 Å². The van der Waals surface area contributed by atoms with Gasteiger partial charge in [-0.1, -0.05) is 75.4 Å². The number of rotatable bonds is 8. The summed E-state index contributed by atoms with van der Waals surface area (Å²) in [4.78, 5) is 12.4. The molecule has 0 saturated carbocycles. The van der Waals surface area contributed by atoms with Crippen molar-refractivity contribution in [3.63, 3.8) is 0 Å². The van der Waals surface area contributed by atoms with Crippen LogP contribution in [0.25, 0.3) is 0 Å². The molecule has 5 nitrogen and oxygen atoms in total. The van der Waals surface area contributed by atoms with Crippen molar-refractivity contribution in [3.05, 3.63) is 95.6 Å². The molecule has 0 aliphatic heterocycles. The molecule has 5 heteroatoms. The highest BCUT2D eigenvalue weighted by atomic mass is 16.5. The smallest absolute Gasteiger partial charge is 0.280 e. The Bertz CT molecular complexity index is 1040. The molecule has 1 unspecified atom stereocenters. The summed E-state index contributed by atoms with van der Waals surface area (Å²) in [5.74, 6) is 1.01. The van der Waals surface area contributed by atoms with Crippen LogP contribution < -0.4 is 14.9 Å². The molecule has 3 aromatic rings. The maximum absolute atomic E-state index is 12.4. The van der Waals surface area contributed by atoms with Gasteiger partial charge in [0, 0.05) is 5.56 Å². The first-order valence-electron chi connectivity index (χ1n) is 10.7. The van der Waals surface area contributed by atoms with Gasteiger partial charge in [-0.3, -0.25) is 4.79 Å². The van der Waals surface area contributed by atoms with E-state index in [4.69, 9.17) is 9.47 Å². The number of hydrogen-bond donors (Lipinski definition) is 1. The summed E-state index contributed by atoms with van der Waals surface area (Å²) >= 11 is 0. The van der Waals surface area contributed by atoms with E-state index in [1.54, 1.807) is 13.1 Å². The number of carbonyl (C=O) groups is 1. The third-order valence-corrected chi connectivity index (χ3v) is 4.94. The number of carbonyl (C=O) groups excluding carboxylic acids is 1. The van der Waals surface area contributed by atoms with Crippen molar-refractivity contribution >= 4 is 12.1 Å². The van der Waals surface area contributed by atoms with Crippen LogP contribution in [0, 0.1) is 0 Å². The fourth-order valence-corrected chi connectivity index (χ4v) is 3.00. The van der Waals surface area contributed by atoms with Gasteiger partial charge in [-0.05, 0) is 47.7 Å². The Morgan fingerprint density at radius 1 is 0.969 bits per heavy atom. The number of hydrazone groups is 1. The average molecular weight is 431 g/mol. The lowest BCUT2D eigenvalue weighted by Crippen LogP contribution is -2.33. The van der Waals surface area contributed by atoms with Crippen molar-refractivity contribution < 1.29 is 14.3 Å². The molecular weight excluding hydrogens is 400 g/mol. The van der Waals surface area contributed by atoms with Gasteiger partial charge in [0.1, 0.15) is 18.1 Å². The number of hydrogen-bond acceptors (Lipinski definition) is 4. The van der Waals surface area contributed by atoms with Gasteiger partial charge in [0.05, 0.1) is 6.21 Å². The monoisotopic (exact) mass is 430 g/mol. The lowest BCUT2D eigenvalue weighted by molar-refractivity contribution is -0.127. The van der Waals surface area contributed by atoms with Crippen LogP contribution in [-0.2, 0) is 16.8 Å². The van der Waals surface area contributed by atoms with Gasteiger partial charge in [0.15, 0.2) is 6.10 Å². The quantitative estimate of drug-likeness (QED) is 0.380. The summed E-state index contributed by atoms with van der Waals surface area (Å²) in [7, 11) is 0. The minimum atomic E-state index is -0.683. The molecule has 0 aliphatic rings. The molecular formula is C27H30N2O3. The van der Waals surface area contributed by atoms with Crippen LogP contribution in [0.3, 0.4) is 0 Å². The van der Waals surface area contributed by atoms with Crippen LogP contribution in [0.15, 0.2) is 84.0 Å². The van der Waals surface area contributed by atoms with Crippen LogP contribution in [-0.4, -0.2) is 18.2 Å². The second kappa shape index (κ2) is 10.6. The van der Waals surface area contributed by atoms with Gasteiger partial charge in [-0.25, -0.2) is 5.43 Å². The Kier molecular flexibility index (Phi) is 7.66. The van der Waals surface area contributed by atoms with Gasteiger partial charge in [0.25, 0.3) is 5.91 Å². The second-order valence-corrected chi connectivity index (χ2v) is 8.58. The molecule has 0 heterocycles. The minimum absolute atomic E-state index is 0.0668. The van der Waals surface area contributed by atoms with E-state index >= 15 is 0 Å². The lowest BCUT2D eigenvalue weighted by Gasteiger charge is -2.20. The van der Waals surface area contributed by atoms with Gasteiger partial charge < -0.3 is 9.47 Å². The summed E-state index contributed by atoms with van der Waals surface area (Å²) in [5, 5.41) is 4.08. The number of para-hydroxylation sites is 1. The maximum atomic E-state index is 12.4. The van der Waals surface area contributed by atoms with Crippen molar-refractivity contribution in [2.45, 2.75) is 45.8 Å². The number of nitrogens with one attached hydrogen (secondary N) is 1. The summed E-state index contributed by atoms with van der Waals surface area (Å²) in [6.07, 6.45) is 0.889. The first kappa shape index (κ1) is 23.1. The van der Waals surface area contributed by atoms with Crippen molar-refractivity contribution in [2.75, 3.05) is 0 Å². The molecule has 0 bridgehead atoms. The topological polar surface area (TPSA) is 59.9 Å². The molecule has 3 aromatic carbocycles. The predicted octanol–water partition coefficient (Wildman–Crippen LogP) is 5.48. The molecule has 0 aliphatic carbocycles. The Morgan fingerprint density at radius 3 is 2.31 bits per heavy atom. The first-order valence-corrected chi connectivity index (χ1v) is 10.7. The van der Waals surface area contributed by atoms with Crippen LogP contribution >= 0.6 is 0 Å². The third kappa shape index (κ3) is 6.71. The molecule has 0 aromatic heterocycles. The van der Waals surface area contributed by atoms with Crippen molar-refractivity contribution in [1.82, 2.24) is 5.43 Å². The van der Waals surface area contributed by atoms with Gasteiger partial charge in [-0.15, -0.1) is 0 Å². The van der Waals surface area contributed by atoms with Crippen LogP contribution in [0.1, 0.15) is 44.4 Å². The van der Waals surface area contributed by atoms with E-state index in [1.165, 1.54) is 5.56 Å². The Morgan fingerprint density at radius 2 is 1.62 bits per heavy atom. The molecule has 1 atom stereocenters. The number of ether oxygens (including phenoxy) is 2. The largest absolute Gasteiger partial charge is 0.488 e. The first-order chi connectivity index (χ1) is 15.3. The average Bonchev–Trinajstić information content (AvgIpc) is 2.78. The third-order valence-electron chi connectivity index (χ3n) is 4.94. The Labute approximate surface area is 190 Å². The zero-order valence-corrected chi connectivity index (χ0v) is 19.0. The standard InChI is InChI=1S/C27H30N2O3/c1-20(32-24-16-14-23(15-17-24)27(2,3)4)26(30)29-28-18-22-12-8-9-13-25(22)31-19-21-10-6-5-7-11-21/h5-18,20H,19H2,1-4H3,(H,29,30)/b28-18+. The van der Waals surface area contributed by atoms with E-state index < -0.39 is 6.10 Å². The summed E-state index contributed by atoms with van der Waals surface area (Å²) in [6, 6.07) is 25.3. The van der Waals surface area contributed by atoms with Crippen molar-refractivity contribution in [2.24, 2.45) is 5.10 Å². The highest BCUT2D eigenvalue weighted by Gasteiger charge is 2.16. The van der Waals surface area contributed by atoms with Crippen LogP contribution in [0.2, 0.25) is 0 Å². The van der Waals surface area contributed by atoms with E-state index in [1.807, 2.05) is 78.9 Å². The summed E-state index contributed by atoms with van der Waals surface area (Å²) in [5.41, 5.74) is 5.66. The Hall–Kier alpha value is -3.60. The van der Waals surface area contributed by atoms with E-state index in [0.717, 1.165) is 11.1 Å². The van der Waals surface area contributed by atoms with Gasteiger partial charge in [-0.2, -0.15) is 5.10 Å². The molecule has 1 N–H and O–H groups in total. The normalized spacial score (nSPS) is 12.4. The fraction of sp³-hybridized carbons (Fsp3) is 0.259. The fourth-order valence-electron chi connectivity index (χ4n) is 3.00. The highest BCUT2D eigenvalue weighted by Crippen LogP contribution is 2.24. The number of benzene rings is 3. The molecule has 0 fully saturated rings. The van der Waals surface area contributed by atoms with Crippen molar-refractivity contribution in [3.8, 4) is 11.5 Å². The molecule has 1 amide bonds. The summed E-state index contributed by atoms with van der Waals surface area (Å²) in [6.45, 7) is 8.61. The van der Waals surface area contributed by atoms with Gasteiger partial charge >= 0.3 is 0 Å². The SMILES string of the molecule is CC(Oc1ccc(C(C)(C)C)cc1)C(=O)N/N=C/c1ccccc1OCc1ccccc1. The van der Waals surface area contributed by atoms with Crippen molar-refractivity contribution in [1.29, 1.82) is 0 Å². The molecule has 0 spiro atoms. The van der Waals surface area contributed by atoms with E-state index in [9.17, 15) is 4.79 Å². The van der Waals surface area contributed by atoms with E-state index in [-0.39, 0.29) is 11.3 Å². The summed E-state index contributed by atoms with van der Waals surface area (Å²) < 4.78 is 11.7. The zero-order valence-electron chi connectivity index (χ0n) is 19.0. The van der Waals surface area contributed by atoms with E-state index in [2.05, 4.69) is 31.3 Å². The molecule has 0 radical (unpaired) electrons. The lowest BCUT2D eigenvalue weighted by atomic mass is 9.87. The number of amides is 1. The van der Waals surface area contributed by atoms with Crippen LogP contribution in [0.4, 0.5) is 0 Å². The number of nitrogens with zero attached hydrogens (tertiary/aromatic N) is 1. The minimum Gasteiger partial charge on any atom is -0.488 e. The predicted molar refractivity (Wildman–Crippen MR) is 128 cm³/mol. The second-order valence-electron chi connectivity index (χ2n) is 8.58. The van der Waals surface area contributed by atoms with Gasteiger partial charge in [0.2, 0.25) is 0 Å².